The van der Waals surface area contributed by atoms with Crippen molar-refractivity contribution in [2.45, 2.75) is 57.2 Å². The summed E-state index contributed by atoms with van der Waals surface area (Å²) >= 11 is 0. The lowest BCUT2D eigenvalue weighted by Gasteiger charge is -2.32. The van der Waals surface area contributed by atoms with Crippen LogP contribution in [0.5, 0.6) is 0 Å². The van der Waals surface area contributed by atoms with E-state index in [2.05, 4.69) is 22.5 Å². The Bertz CT molecular complexity index is 818. The van der Waals surface area contributed by atoms with Crippen molar-refractivity contribution >= 4 is 11.7 Å². The molecule has 6 nitrogen and oxygen atoms in total. The predicted molar refractivity (Wildman–Crippen MR) is 100 cm³/mol. The van der Waals surface area contributed by atoms with E-state index in [1.807, 2.05) is 10.8 Å². The Hall–Kier alpha value is -2.41. The molecule has 1 aliphatic heterocycles. The maximum absolute atomic E-state index is 13.9. The van der Waals surface area contributed by atoms with Gasteiger partial charge in [-0.3, -0.25) is 0 Å². The second kappa shape index (κ2) is 7.68. The average molecular weight is 372 g/mol. The molecular weight excluding hydrogens is 347 g/mol. The number of benzene rings is 1. The minimum Gasteiger partial charge on any atom is -0.368 e. The second-order valence-corrected chi connectivity index (χ2v) is 7.22. The lowest BCUT2D eigenvalue weighted by Crippen LogP contribution is -2.45. The Labute approximate surface area is 158 Å². The van der Waals surface area contributed by atoms with Crippen molar-refractivity contribution in [3.8, 4) is 0 Å². The number of urea groups is 1. The molecule has 1 aromatic carbocycles. The molecule has 0 radical (unpaired) electrons. The number of imidazole rings is 1. The van der Waals surface area contributed by atoms with Crippen molar-refractivity contribution in [1.82, 2.24) is 14.9 Å². The Morgan fingerprint density at radius 3 is 3.00 bits per heavy atom. The Kier molecular flexibility index (Phi) is 5.11. The topological polar surface area (TPSA) is 68.2 Å². The van der Waals surface area contributed by atoms with Crippen LogP contribution in [0.25, 0.3) is 0 Å². The number of rotatable bonds is 5. The summed E-state index contributed by atoms with van der Waals surface area (Å²) in [5, 5.41) is 5.85. The highest BCUT2D eigenvalue weighted by Crippen LogP contribution is 2.42. The summed E-state index contributed by atoms with van der Waals surface area (Å²) in [6, 6.07) is 4.30. The number of hydrogen-bond donors (Lipinski definition) is 2. The van der Waals surface area contributed by atoms with Gasteiger partial charge in [0, 0.05) is 31.2 Å². The van der Waals surface area contributed by atoms with Crippen LogP contribution in [-0.4, -0.2) is 28.2 Å². The summed E-state index contributed by atoms with van der Waals surface area (Å²) in [6.07, 6.45) is 7.14. The SMILES string of the molecule is CCn1ccnc1[C@H]1OCCC[C@@H]1NC(=O)Nc1ccc(F)c(C2CC2)c1. The van der Waals surface area contributed by atoms with Crippen LogP contribution >= 0.6 is 0 Å². The highest BCUT2D eigenvalue weighted by Gasteiger charge is 2.32. The molecule has 1 saturated carbocycles. The smallest absolute Gasteiger partial charge is 0.319 e. The van der Waals surface area contributed by atoms with E-state index in [0.29, 0.717) is 23.8 Å². The van der Waals surface area contributed by atoms with E-state index >= 15 is 0 Å². The molecule has 0 bridgehead atoms. The summed E-state index contributed by atoms with van der Waals surface area (Å²) in [7, 11) is 0. The van der Waals surface area contributed by atoms with Gasteiger partial charge >= 0.3 is 6.03 Å². The monoisotopic (exact) mass is 372 g/mol. The molecule has 0 unspecified atom stereocenters. The van der Waals surface area contributed by atoms with Crippen molar-refractivity contribution in [1.29, 1.82) is 0 Å². The van der Waals surface area contributed by atoms with Gasteiger partial charge in [-0.25, -0.2) is 14.2 Å². The number of carbonyl (C=O) groups is 1. The molecule has 2 heterocycles. The van der Waals surface area contributed by atoms with E-state index in [-0.39, 0.29) is 24.0 Å². The van der Waals surface area contributed by atoms with E-state index in [1.54, 1.807) is 18.3 Å². The highest BCUT2D eigenvalue weighted by molar-refractivity contribution is 5.89. The fourth-order valence-electron chi connectivity index (χ4n) is 3.69. The molecule has 2 atom stereocenters. The number of nitrogens with one attached hydrogen (secondary N) is 2. The zero-order valence-electron chi connectivity index (χ0n) is 15.5. The predicted octanol–water partition coefficient (Wildman–Crippen LogP) is 3.96. The Morgan fingerprint density at radius 2 is 2.22 bits per heavy atom. The van der Waals surface area contributed by atoms with Crippen molar-refractivity contribution in [2.75, 3.05) is 11.9 Å². The standard InChI is InChI=1S/C20H25FN4O2/c1-2-25-10-9-22-19(25)18-17(4-3-11-27-18)24-20(26)23-14-7-8-16(21)15(12-14)13-5-6-13/h7-10,12-13,17-18H,2-6,11H2,1H3,(H2,23,24,26)/t17-,18-/m0/s1. The maximum atomic E-state index is 13.9. The van der Waals surface area contributed by atoms with Crippen LogP contribution in [0, 0.1) is 5.82 Å². The van der Waals surface area contributed by atoms with Gasteiger partial charge in [0.05, 0.1) is 6.04 Å². The second-order valence-electron chi connectivity index (χ2n) is 7.22. The Balaban J connectivity index is 1.44. The van der Waals surface area contributed by atoms with E-state index in [4.69, 9.17) is 4.74 Å². The van der Waals surface area contributed by atoms with Gasteiger partial charge in [0.2, 0.25) is 0 Å². The fraction of sp³-hybridized carbons (Fsp3) is 0.500. The van der Waals surface area contributed by atoms with E-state index in [0.717, 1.165) is 38.1 Å². The third-order valence-corrected chi connectivity index (χ3v) is 5.25. The quantitative estimate of drug-likeness (QED) is 0.835. The number of carbonyl (C=O) groups excluding carboxylic acids is 1. The van der Waals surface area contributed by atoms with Gasteiger partial charge in [-0.15, -0.1) is 0 Å². The van der Waals surface area contributed by atoms with Crippen molar-refractivity contribution < 1.29 is 13.9 Å². The van der Waals surface area contributed by atoms with Crippen molar-refractivity contribution in [3.63, 3.8) is 0 Å². The lowest BCUT2D eigenvalue weighted by atomic mass is 10.0. The summed E-state index contributed by atoms with van der Waals surface area (Å²) in [5.41, 5.74) is 1.30. The number of aromatic nitrogens is 2. The summed E-state index contributed by atoms with van der Waals surface area (Å²) < 4.78 is 21.9. The third-order valence-electron chi connectivity index (χ3n) is 5.25. The van der Waals surface area contributed by atoms with E-state index < -0.39 is 0 Å². The van der Waals surface area contributed by atoms with Gasteiger partial charge in [-0.05, 0) is 62.3 Å². The fourth-order valence-corrected chi connectivity index (χ4v) is 3.69. The number of halogens is 1. The third kappa shape index (κ3) is 3.98. The molecule has 2 aromatic rings. The zero-order chi connectivity index (χ0) is 18.8. The van der Waals surface area contributed by atoms with Gasteiger partial charge in [0.1, 0.15) is 17.7 Å². The number of anilines is 1. The zero-order valence-corrected chi connectivity index (χ0v) is 15.5. The largest absolute Gasteiger partial charge is 0.368 e. The normalized spacial score (nSPS) is 22.4. The van der Waals surface area contributed by atoms with E-state index in [1.165, 1.54) is 6.07 Å². The average Bonchev–Trinajstić information content (AvgIpc) is 3.40. The molecule has 1 saturated heterocycles. The van der Waals surface area contributed by atoms with E-state index in [9.17, 15) is 9.18 Å². The molecule has 1 aromatic heterocycles. The van der Waals surface area contributed by atoms with Gasteiger partial charge in [-0.1, -0.05) is 0 Å². The van der Waals surface area contributed by atoms with Gasteiger partial charge < -0.3 is 19.9 Å². The van der Waals surface area contributed by atoms with Crippen LogP contribution in [0.15, 0.2) is 30.6 Å². The molecule has 4 rings (SSSR count). The molecule has 2 aliphatic rings. The summed E-state index contributed by atoms with van der Waals surface area (Å²) in [6.45, 7) is 3.51. The maximum Gasteiger partial charge on any atom is 0.319 e. The van der Waals surface area contributed by atoms with Crippen LogP contribution in [-0.2, 0) is 11.3 Å². The molecule has 27 heavy (non-hydrogen) atoms. The summed E-state index contributed by atoms with van der Waals surface area (Å²) in [4.78, 5) is 17.0. The van der Waals surface area contributed by atoms with Gasteiger partial charge in [0.15, 0.2) is 0 Å². The first kappa shape index (κ1) is 18.0. The molecular formula is C20H25FN4O2. The number of hydrogen-bond acceptors (Lipinski definition) is 3. The summed E-state index contributed by atoms with van der Waals surface area (Å²) in [5.74, 6) is 0.926. The molecule has 2 N–H and O–H groups in total. The minimum atomic E-state index is -0.307. The Morgan fingerprint density at radius 1 is 1.37 bits per heavy atom. The number of ether oxygens (including phenoxy) is 1. The molecule has 1 aliphatic carbocycles. The van der Waals surface area contributed by atoms with Crippen LogP contribution in [0.1, 0.15) is 56.0 Å². The van der Waals surface area contributed by atoms with Crippen LogP contribution in [0.3, 0.4) is 0 Å². The number of amides is 2. The van der Waals surface area contributed by atoms with Crippen LogP contribution < -0.4 is 10.6 Å². The molecule has 7 heteroatoms. The number of aryl methyl sites for hydroxylation is 1. The molecule has 144 valence electrons. The number of nitrogens with zero attached hydrogens (tertiary/aromatic N) is 2. The first-order valence-electron chi connectivity index (χ1n) is 9.65. The molecule has 0 spiro atoms. The van der Waals surface area contributed by atoms with Gasteiger partial charge in [-0.2, -0.15) is 0 Å². The van der Waals surface area contributed by atoms with Crippen LogP contribution in [0.2, 0.25) is 0 Å². The van der Waals surface area contributed by atoms with Crippen LogP contribution in [0.4, 0.5) is 14.9 Å². The molecule has 2 amide bonds. The lowest BCUT2D eigenvalue weighted by molar-refractivity contribution is -0.0140. The van der Waals surface area contributed by atoms with Crippen molar-refractivity contribution in [2.24, 2.45) is 0 Å². The first-order valence-corrected chi connectivity index (χ1v) is 9.65. The minimum absolute atomic E-state index is 0.158. The van der Waals surface area contributed by atoms with Gasteiger partial charge in [0.25, 0.3) is 0 Å². The molecule has 2 fully saturated rings. The first-order chi connectivity index (χ1) is 13.2. The highest BCUT2D eigenvalue weighted by atomic mass is 19.1. The van der Waals surface area contributed by atoms with Crippen molar-refractivity contribution in [3.05, 3.63) is 47.8 Å².